The van der Waals surface area contributed by atoms with Crippen LogP contribution in [0.25, 0.3) is 10.9 Å². The molecular formula is C17H24N4O. The second-order valence-corrected chi connectivity index (χ2v) is 5.28. The lowest BCUT2D eigenvalue weighted by Gasteiger charge is -2.17. The van der Waals surface area contributed by atoms with Gasteiger partial charge in [-0.05, 0) is 25.2 Å². The molecule has 0 fully saturated rings. The first-order valence-electron chi connectivity index (χ1n) is 7.77. The average Bonchev–Trinajstić information content (AvgIpc) is 2.52. The Kier molecular flexibility index (Phi) is 5.72. The number of likely N-dealkylation sites (N-methyl/N-ethyl adjacent to an activating group) is 1. The van der Waals surface area contributed by atoms with E-state index in [1.54, 1.807) is 0 Å². The lowest BCUT2D eigenvalue weighted by molar-refractivity contribution is -0.120. The van der Waals surface area contributed by atoms with Crippen LogP contribution < -0.4 is 11.1 Å². The molecule has 0 spiro atoms. The lowest BCUT2D eigenvalue weighted by atomic mass is 10.1. The van der Waals surface area contributed by atoms with E-state index in [2.05, 4.69) is 29.0 Å². The number of para-hydroxylation sites is 1. The minimum absolute atomic E-state index is 0.00601. The quantitative estimate of drug-likeness (QED) is 0.765. The summed E-state index contributed by atoms with van der Waals surface area (Å²) in [5, 5.41) is 3.93. The van der Waals surface area contributed by atoms with Crippen molar-refractivity contribution in [2.75, 3.05) is 31.9 Å². The molecule has 118 valence electrons. The van der Waals surface area contributed by atoms with E-state index < -0.39 is 0 Å². The first-order valence-corrected chi connectivity index (χ1v) is 7.77. The molecule has 0 aliphatic heterocycles. The van der Waals surface area contributed by atoms with Gasteiger partial charge < -0.3 is 16.0 Å². The molecule has 5 heteroatoms. The van der Waals surface area contributed by atoms with Gasteiger partial charge in [-0.25, -0.2) is 0 Å². The van der Waals surface area contributed by atoms with Gasteiger partial charge in [-0.15, -0.1) is 0 Å². The zero-order valence-electron chi connectivity index (χ0n) is 13.3. The van der Waals surface area contributed by atoms with E-state index in [0.29, 0.717) is 12.2 Å². The van der Waals surface area contributed by atoms with Crippen LogP contribution >= 0.6 is 0 Å². The average molecular weight is 300 g/mol. The molecule has 2 rings (SSSR count). The number of anilines is 1. The summed E-state index contributed by atoms with van der Waals surface area (Å²) >= 11 is 0. The normalized spacial score (nSPS) is 11.0. The smallest absolute Gasteiger partial charge is 0.226 e. The minimum atomic E-state index is -0.00601. The van der Waals surface area contributed by atoms with Gasteiger partial charge in [0.1, 0.15) is 0 Å². The van der Waals surface area contributed by atoms with Crippen molar-refractivity contribution >= 4 is 22.5 Å². The van der Waals surface area contributed by atoms with E-state index in [1.165, 1.54) is 0 Å². The molecule has 22 heavy (non-hydrogen) atoms. The molecule has 1 amide bonds. The van der Waals surface area contributed by atoms with Crippen LogP contribution in [0.3, 0.4) is 0 Å². The molecule has 0 unspecified atom stereocenters. The fourth-order valence-corrected chi connectivity index (χ4v) is 2.43. The van der Waals surface area contributed by atoms with E-state index in [1.807, 2.05) is 30.3 Å². The molecule has 1 aromatic carbocycles. The second-order valence-electron chi connectivity index (χ2n) is 5.28. The van der Waals surface area contributed by atoms with Crippen molar-refractivity contribution in [3.8, 4) is 0 Å². The predicted molar refractivity (Wildman–Crippen MR) is 90.7 cm³/mol. The van der Waals surface area contributed by atoms with E-state index in [4.69, 9.17) is 5.73 Å². The van der Waals surface area contributed by atoms with E-state index in [9.17, 15) is 4.79 Å². The van der Waals surface area contributed by atoms with Crippen molar-refractivity contribution in [3.05, 3.63) is 36.0 Å². The van der Waals surface area contributed by atoms with E-state index in [-0.39, 0.29) is 12.3 Å². The highest BCUT2D eigenvalue weighted by atomic mass is 16.1. The van der Waals surface area contributed by atoms with Crippen LogP contribution in [0.1, 0.15) is 19.5 Å². The Morgan fingerprint density at radius 1 is 1.23 bits per heavy atom. The fraction of sp³-hybridized carbons (Fsp3) is 0.412. The van der Waals surface area contributed by atoms with Gasteiger partial charge in [0.25, 0.3) is 0 Å². The van der Waals surface area contributed by atoms with Gasteiger partial charge in [-0.1, -0.05) is 32.0 Å². The molecule has 1 heterocycles. The van der Waals surface area contributed by atoms with Crippen LogP contribution in [0.5, 0.6) is 0 Å². The molecule has 0 bridgehead atoms. The number of nitrogen functional groups attached to an aromatic ring is 1. The molecular weight excluding hydrogens is 276 g/mol. The molecule has 0 aliphatic carbocycles. The molecule has 0 saturated heterocycles. The maximum Gasteiger partial charge on any atom is 0.226 e. The molecule has 0 radical (unpaired) electrons. The number of carbonyl (C=O) groups excluding carboxylic acids is 1. The summed E-state index contributed by atoms with van der Waals surface area (Å²) in [4.78, 5) is 18.8. The summed E-state index contributed by atoms with van der Waals surface area (Å²) in [6.45, 7) is 7.77. The highest BCUT2D eigenvalue weighted by Crippen LogP contribution is 2.18. The molecule has 0 aliphatic rings. The molecule has 2 aromatic rings. The fourth-order valence-electron chi connectivity index (χ4n) is 2.43. The molecule has 0 atom stereocenters. The number of nitrogens with two attached hydrogens (primary N) is 1. The van der Waals surface area contributed by atoms with Crippen LogP contribution in [0.4, 0.5) is 5.69 Å². The summed E-state index contributed by atoms with van der Waals surface area (Å²) in [6, 6.07) is 9.53. The van der Waals surface area contributed by atoms with Crippen LogP contribution in [-0.4, -0.2) is 42.0 Å². The van der Waals surface area contributed by atoms with Crippen LogP contribution in [-0.2, 0) is 11.2 Å². The first kappa shape index (κ1) is 16.2. The zero-order valence-corrected chi connectivity index (χ0v) is 13.3. The Balaban J connectivity index is 1.93. The van der Waals surface area contributed by atoms with Crippen molar-refractivity contribution in [1.82, 2.24) is 15.2 Å². The van der Waals surface area contributed by atoms with Gasteiger partial charge in [0.05, 0.1) is 23.3 Å². The Bertz CT molecular complexity index is 638. The number of hydrogen-bond donors (Lipinski definition) is 2. The molecule has 1 aromatic heterocycles. The SMILES string of the molecule is CCN(CC)CCNC(=O)Cc1ccc2cccc(N)c2n1. The van der Waals surface area contributed by atoms with Gasteiger partial charge in [-0.2, -0.15) is 0 Å². The van der Waals surface area contributed by atoms with Gasteiger partial charge in [0.2, 0.25) is 5.91 Å². The number of nitrogens with one attached hydrogen (secondary N) is 1. The third-order valence-electron chi connectivity index (χ3n) is 3.80. The van der Waals surface area contributed by atoms with Crippen molar-refractivity contribution in [2.24, 2.45) is 0 Å². The van der Waals surface area contributed by atoms with E-state index >= 15 is 0 Å². The summed E-state index contributed by atoms with van der Waals surface area (Å²) in [5.74, 6) is -0.00601. The van der Waals surface area contributed by atoms with Crippen LogP contribution in [0.15, 0.2) is 30.3 Å². The number of amides is 1. The summed E-state index contributed by atoms with van der Waals surface area (Å²) in [7, 11) is 0. The maximum atomic E-state index is 12.0. The largest absolute Gasteiger partial charge is 0.397 e. The summed E-state index contributed by atoms with van der Waals surface area (Å²) < 4.78 is 0. The lowest BCUT2D eigenvalue weighted by Crippen LogP contribution is -2.35. The zero-order chi connectivity index (χ0) is 15.9. The molecule has 3 N–H and O–H groups in total. The Labute approximate surface area is 131 Å². The Morgan fingerprint density at radius 2 is 2.00 bits per heavy atom. The summed E-state index contributed by atoms with van der Waals surface area (Å²) in [5.41, 5.74) is 8.07. The minimum Gasteiger partial charge on any atom is -0.397 e. The van der Waals surface area contributed by atoms with Crippen molar-refractivity contribution < 1.29 is 4.79 Å². The summed E-state index contributed by atoms with van der Waals surface area (Å²) in [6.07, 6.45) is 0.280. The number of hydrogen-bond acceptors (Lipinski definition) is 4. The number of aromatic nitrogens is 1. The highest BCUT2D eigenvalue weighted by Gasteiger charge is 2.07. The number of benzene rings is 1. The number of pyridine rings is 1. The molecule has 0 saturated carbocycles. The Morgan fingerprint density at radius 3 is 2.73 bits per heavy atom. The Hall–Kier alpha value is -2.14. The van der Waals surface area contributed by atoms with Gasteiger partial charge >= 0.3 is 0 Å². The van der Waals surface area contributed by atoms with Crippen molar-refractivity contribution in [3.63, 3.8) is 0 Å². The van der Waals surface area contributed by atoms with Crippen LogP contribution in [0, 0.1) is 0 Å². The monoisotopic (exact) mass is 300 g/mol. The topological polar surface area (TPSA) is 71.2 Å². The van der Waals surface area contributed by atoms with Gasteiger partial charge in [0.15, 0.2) is 0 Å². The van der Waals surface area contributed by atoms with Crippen molar-refractivity contribution in [2.45, 2.75) is 20.3 Å². The standard InChI is InChI=1S/C17H24N4O/c1-3-21(4-2)11-10-19-16(22)12-14-9-8-13-6-5-7-15(18)17(13)20-14/h5-9H,3-4,10-12,18H2,1-2H3,(H,19,22). The first-order chi connectivity index (χ1) is 10.6. The maximum absolute atomic E-state index is 12.0. The van der Waals surface area contributed by atoms with E-state index in [0.717, 1.165) is 36.2 Å². The number of fused-ring (bicyclic) bond motifs is 1. The van der Waals surface area contributed by atoms with Crippen molar-refractivity contribution in [1.29, 1.82) is 0 Å². The number of nitrogens with zero attached hydrogens (tertiary/aromatic N) is 2. The van der Waals surface area contributed by atoms with Gasteiger partial charge in [0, 0.05) is 18.5 Å². The molecule has 5 nitrogen and oxygen atoms in total. The van der Waals surface area contributed by atoms with Crippen LogP contribution in [0.2, 0.25) is 0 Å². The number of rotatable bonds is 7. The third kappa shape index (κ3) is 4.18. The predicted octanol–water partition coefficient (Wildman–Crippen LogP) is 1.82. The van der Waals surface area contributed by atoms with Gasteiger partial charge in [-0.3, -0.25) is 9.78 Å². The second kappa shape index (κ2) is 7.75. The highest BCUT2D eigenvalue weighted by molar-refractivity contribution is 5.89. The third-order valence-corrected chi connectivity index (χ3v) is 3.80. The number of carbonyl (C=O) groups is 1.